The molecule has 1 heteroatoms. The Kier molecular flexibility index (Phi) is 1.80. The number of nitrogens with zero attached hydrogens (tertiary/aromatic N) is 1. The average Bonchev–Trinajstić information content (AvgIpc) is 2.26. The summed E-state index contributed by atoms with van der Waals surface area (Å²) in [7, 11) is 0. The lowest BCUT2D eigenvalue weighted by Crippen LogP contribution is -2.12. The van der Waals surface area contributed by atoms with Crippen molar-refractivity contribution in [1.82, 2.24) is 0 Å². The van der Waals surface area contributed by atoms with E-state index in [1.54, 1.807) is 0 Å². The van der Waals surface area contributed by atoms with E-state index in [0.717, 1.165) is 5.69 Å². The molecular weight excluding hydrogens is 158 g/mol. The lowest BCUT2D eigenvalue weighted by Gasteiger charge is -2.21. The van der Waals surface area contributed by atoms with Crippen LogP contribution in [0.4, 0.5) is 5.69 Å². The molecule has 0 unspecified atom stereocenters. The highest BCUT2D eigenvalue weighted by atomic mass is 14.7. The van der Waals surface area contributed by atoms with Crippen molar-refractivity contribution in [2.45, 2.75) is 19.3 Å². The first-order valence-corrected chi connectivity index (χ1v) is 4.51. The van der Waals surface area contributed by atoms with Crippen LogP contribution in [-0.4, -0.2) is 6.21 Å². The zero-order valence-electron chi connectivity index (χ0n) is 7.99. The molecule has 1 aromatic carbocycles. The van der Waals surface area contributed by atoms with Crippen LogP contribution in [0.1, 0.15) is 19.4 Å². The molecule has 2 rings (SSSR count). The lowest BCUT2D eigenvalue weighted by molar-refractivity contribution is 0.673. The van der Waals surface area contributed by atoms with Crippen LogP contribution in [0, 0.1) is 0 Å². The molecule has 0 aromatic heterocycles. The number of benzene rings is 1. The Morgan fingerprint density at radius 2 is 1.92 bits per heavy atom. The van der Waals surface area contributed by atoms with E-state index in [1.807, 2.05) is 18.4 Å². The Hall–Kier alpha value is -1.37. The Labute approximate surface area is 78.8 Å². The third kappa shape index (κ3) is 1.42. The molecule has 1 aromatic rings. The second-order valence-corrected chi connectivity index (χ2v) is 3.88. The summed E-state index contributed by atoms with van der Waals surface area (Å²) in [5, 5.41) is 0. The fourth-order valence-corrected chi connectivity index (χ4v) is 1.63. The van der Waals surface area contributed by atoms with Gasteiger partial charge in [0, 0.05) is 11.6 Å². The van der Waals surface area contributed by atoms with Gasteiger partial charge in [0.25, 0.3) is 0 Å². The molecule has 0 bridgehead atoms. The Morgan fingerprint density at radius 3 is 2.77 bits per heavy atom. The van der Waals surface area contributed by atoms with Crippen molar-refractivity contribution in [2.24, 2.45) is 4.99 Å². The minimum absolute atomic E-state index is 0.0904. The van der Waals surface area contributed by atoms with Crippen LogP contribution in [0.3, 0.4) is 0 Å². The SMILES string of the molecule is CC1(C)C=CC=Nc2ccccc21. The zero-order chi connectivity index (χ0) is 9.31. The number of aliphatic imine (C=N–C) groups is 1. The van der Waals surface area contributed by atoms with Crippen LogP contribution < -0.4 is 0 Å². The molecule has 0 fully saturated rings. The lowest BCUT2D eigenvalue weighted by atomic mass is 9.84. The fourth-order valence-electron chi connectivity index (χ4n) is 1.63. The van der Waals surface area contributed by atoms with Gasteiger partial charge in [-0.2, -0.15) is 0 Å². The molecule has 66 valence electrons. The van der Waals surface area contributed by atoms with Gasteiger partial charge >= 0.3 is 0 Å². The van der Waals surface area contributed by atoms with Crippen LogP contribution in [-0.2, 0) is 5.41 Å². The molecule has 1 nitrogen and oxygen atoms in total. The van der Waals surface area contributed by atoms with Gasteiger partial charge in [0.15, 0.2) is 0 Å². The third-order valence-electron chi connectivity index (χ3n) is 2.41. The summed E-state index contributed by atoms with van der Waals surface area (Å²) >= 11 is 0. The summed E-state index contributed by atoms with van der Waals surface area (Å²) in [6.45, 7) is 4.41. The van der Waals surface area contributed by atoms with Gasteiger partial charge in [-0.3, -0.25) is 4.99 Å². The van der Waals surface area contributed by atoms with E-state index in [9.17, 15) is 0 Å². The molecule has 0 saturated heterocycles. The smallest absolute Gasteiger partial charge is 0.0670 e. The number of hydrogen-bond donors (Lipinski definition) is 0. The van der Waals surface area contributed by atoms with E-state index in [1.165, 1.54) is 5.56 Å². The van der Waals surface area contributed by atoms with E-state index in [2.05, 4.69) is 43.1 Å². The van der Waals surface area contributed by atoms with Crippen LogP contribution in [0.25, 0.3) is 0 Å². The predicted octanol–water partition coefficient (Wildman–Crippen LogP) is 3.24. The van der Waals surface area contributed by atoms with Crippen LogP contribution in [0.2, 0.25) is 0 Å². The van der Waals surface area contributed by atoms with E-state index in [-0.39, 0.29) is 5.41 Å². The number of rotatable bonds is 0. The van der Waals surface area contributed by atoms with Gasteiger partial charge in [0.05, 0.1) is 5.69 Å². The Bertz CT molecular complexity index is 372. The molecule has 0 radical (unpaired) electrons. The van der Waals surface area contributed by atoms with Gasteiger partial charge in [-0.15, -0.1) is 0 Å². The zero-order valence-corrected chi connectivity index (χ0v) is 7.99. The average molecular weight is 171 g/mol. The van der Waals surface area contributed by atoms with Crippen LogP contribution >= 0.6 is 0 Å². The maximum atomic E-state index is 4.37. The molecule has 0 amide bonds. The first kappa shape index (κ1) is 8.24. The number of hydrogen-bond acceptors (Lipinski definition) is 1. The predicted molar refractivity (Wildman–Crippen MR) is 56.8 cm³/mol. The summed E-state index contributed by atoms with van der Waals surface area (Å²) in [6.07, 6.45) is 6.05. The Balaban J connectivity index is 2.64. The molecule has 13 heavy (non-hydrogen) atoms. The number of allylic oxidation sites excluding steroid dienone is 2. The maximum Gasteiger partial charge on any atom is 0.0670 e. The van der Waals surface area contributed by atoms with E-state index >= 15 is 0 Å². The van der Waals surface area contributed by atoms with Crippen LogP contribution in [0.15, 0.2) is 41.4 Å². The molecule has 1 heterocycles. The standard InChI is InChI=1S/C12H13N/c1-12(2)8-5-9-13-11-7-4-3-6-10(11)12/h3-9H,1-2H3. The minimum atomic E-state index is 0.0904. The first-order valence-electron chi connectivity index (χ1n) is 4.51. The second kappa shape index (κ2) is 2.84. The molecule has 0 spiro atoms. The second-order valence-electron chi connectivity index (χ2n) is 3.88. The molecular formula is C12H13N. The largest absolute Gasteiger partial charge is 0.257 e. The number of fused-ring (bicyclic) bond motifs is 1. The van der Waals surface area contributed by atoms with Crippen molar-refractivity contribution < 1.29 is 0 Å². The van der Waals surface area contributed by atoms with E-state index in [4.69, 9.17) is 0 Å². The highest BCUT2D eigenvalue weighted by molar-refractivity contribution is 5.77. The highest BCUT2D eigenvalue weighted by Crippen LogP contribution is 2.33. The Morgan fingerprint density at radius 1 is 1.15 bits per heavy atom. The van der Waals surface area contributed by atoms with Crippen molar-refractivity contribution in [3.63, 3.8) is 0 Å². The summed E-state index contributed by atoms with van der Waals surface area (Å²) in [5.74, 6) is 0. The monoisotopic (exact) mass is 171 g/mol. The third-order valence-corrected chi connectivity index (χ3v) is 2.41. The van der Waals surface area contributed by atoms with Gasteiger partial charge < -0.3 is 0 Å². The fraction of sp³-hybridized carbons (Fsp3) is 0.250. The minimum Gasteiger partial charge on any atom is -0.257 e. The number of para-hydroxylation sites is 1. The van der Waals surface area contributed by atoms with Crippen molar-refractivity contribution >= 4 is 11.9 Å². The van der Waals surface area contributed by atoms with Gasteiger partial charge in [-0.05, 0) is 17.7 Å². The summed E-state index contributed by atoms with van der Waals surface area (Å²) in [4.78, 5) is 4.37. The van der Waals surface area contributed by atoms with Gasteiger partial charge in [-0.1, -0.05) is 38.1 Å². The summed E-state index contributed by atoms with van der Waals surface area (Å²) in [5.41, 5.74) is 2.46. The molecule has 0 atom stereocenters. The molecule has 1 aliphatic heterocycles. The maximum absolute atomic E-state index is 4.37. The summed E-state index contributed by atoms with van der Waals surface area (Å²) in [6, 6.07) is 8.29. The van der Waals surface area contributed by atoms with Gasteiger partial charge in [0.2, 0.25) is 0 Å². The molecule has 1 aliphatic rings. The van der Waals surface area contributed by atoms with E-state index in [0.29, 0.717) is 0 Å². The molecule has 0 N–H and O–H groups in total. The topological polar surface area (TPSA) is 12.4 Å². The van der Waals surface area contributed by atoms with Crippen molar-refractivity contribution in [1.29, 1.82) is 0 Å². The van der Waals surface area contributed by atoms with E-state index < -0.39 is 0 Å². The van der Waals surface area contributed by atoms with Crippen molar-refractivity contribution in [3.05, 3.63) is 42.0 Å². The first-order chi connectivity index (χ1) is 6.20. The molecule has 0 aliphatic carbocycles. The summed E-state index contributed by atoms with van der Waals surface area (Å²) < 4.78 is 0. The quantitative estimate of drug-likeness (QED) is 0.568. The van der Waals surface area contributed by atoms with Crippen LogP contribution in [0.5, 0.6) is 0 Å². The van der Waals surface area contributed by atoms with Crippen molar-refractivity contribution in [3.8, 4) is 0 Å². The molecule has 0 saturated carbocycles. The highest BCUT2D eigenvalue weighted by Gasteiger charge is 2.20. The normalized spacial score (nSPS) is 18.0. The van der Waals surface area contributed by atoms with Gasteiger partial charge in [0.1, 0.15) is 0 Å². The van der Waals surface area contributed by atoms with Gasteiger partial charge in [-0.25, -0.2) is 0 Å². The van der Waals surface area contributed by atoms with Crippen molar-refractivity contribution in [2.75, 3.05) is 0 Å².